The Morgan fingerprint density at radius 3 is 2.36 bits per heavy atom. The molecule has 0 bridgehead atoms. The Balaban J connectivity index is 1.97. The Morgan fingerprint density at radius 2 is 1.61 bits per heavy atom. The third-order valence-corrected chi connectivity index (χ3v) is 5.87. The number of nitrogens with zero attached hydrogens (tertiary/aromatic N) is 3. The van der Waals surface area contributed by atoms with Crippen molar-refractivity contribution in [1.82, 2.24) is 14.1 Å². The van der Waals surface area contributed by atoms with E-state index in [2.05, 4.69) is 0 Å². The summed E-state index contributed by atoms with van der Waals surface area (Å²) in [6.07, 6.45) is 4.08. The normalized spacial score (nSPS) is 14.9. The van der Waals surface area contributed by atoms with Gasteiger partial charge in [-0.2, -0.15) is 0 Å². The summed E-state index contributed by atoms with van der Waals surface area (Å²) in [4.78, 5) is 31.7. The molecule has 0 saturated heterocycles. The predicted octanol–water partition coefficient (Wildman–Crippen LogP) is 4.03. The van der Waals surface area contributed by atoms with Crippen molar-refractivity contribution in [2.45, 2.75) is 31.7 Å². The van der Waals surface area contributed by atoms with E-state index < -0.39 is 0 Å². The van der Waals surface area contributed by atoms with Gasteiger partial charge in [-0.1, -0.05) is 55.3 Å². The van der Waals surface area contributed by atoms with E-state index in [4.69, 9.17) is 4.98 Å². The van der Waals surface area contributed by atoms with E-state index in [0.717, 1.165) is 36.8 Å². The fraction of sp³-hybridized carbons (Fsp3) is 0.261. The first-order valence-electron chi connectivity index (χ1n) is 9.76. The zero-order chi connectivity index (χ0) is 19.3. The molecule has 5 nitrogen and oxygen atoms in total. The summed E-state index contributed by atoms with van der Waals surface area (Å²) in [6, 6.07) is 17.3. The zero-order valence-electron chi connectivity index (χ0n) is 15.8. The fourth-order valence-corrected chi connectivity index (χ4v) is 4.46. The number of aryl methyl sites for hydroxylation is 1. The molecule has 0 N–H and O–H groups in total. The number of hydrogen-bond acceptors (Lipinski definition) is 3. The van der Waals surface area contributed by atoms with Crippen molar-refractivity contribution < 1.29 is 0 Å². The zero-order valence-corrected chi connectivity index (χ0v) is 15.8. The van der Waals surface area contributed by atoms with E-state index in [1.807, 2.05) is 60.1 Å². The molecule has 140 valence electrons. The van der Waals surface area contributed by atoms with Gasteiger partial charge in [0.25, 0.3) is 5.56 Å². The van der Waals surface area contributed by atoms with Crippen LogP contribution in [-0.4, -0.2) is 14.1 Å². The van der Waals surface area contributed by atoms with E-state index in [9.17, 15) is 9.59 Å². The third kappa shape index (κ3) is 2.43. The molecule has 1 fully saturated rings. The van der Waals surface area contributed by atoms with E-state index in [0.29, 0.717) is 16.9 Å². The van der Waals surface area contributed by atoms with Crippen molar-refractivity contribution in [3.8, 4) is 11.4 Å². The van der Waals surface area contributed by atoms with Crippen molar-refractivity contribution in [3.63, 3.8) is 0 Å². The van der Waals surface area contributed by atoms with Crippen LogP contribution >= 0.6 is 0 Å². The Morgan fingerprint density at radius 1 is 0.929 bits per heavy atom. The SMILES string of the molecule is Cn1c2ccccc2c(=O)c2c(=O)n(C3CCCC3)c(-c3ccccc3)nc21. The van der Waals surface area contributed by atoms with Gasteiger partial charge in [0.2, 0.25) is 5.43 Å². The van der Waals surface area contributed by atoms with Gasteiger partial charge in [-0.25, -0.2) is 4.98 Å². The van der Waals surface area contributed by atoms with Gasteiger partial charge in [-0.15, -0.1) is 0 Å². The Hall–Kier alpha value is -3.21. The molecule has 5 heteroatoms. The van der Waals surface area contributed by atoms with Crippen molar-refractivity contribution in [3.05, 3.63) is 75.2 Å². The van der Waals surface area contributed by atoms with Crippen LogP contribution in [0.3, 0.4) is 0 Å². The predicted molar refractivity (Wildman–Crippen MR) is 112 cm³/mol. The number of aromatic nitrogens is 3. The van der Waals surface area contributed by atoms with E-state index in [-0.39, 0.29) is 22.4 Å². The highest BCUT2D eigenvalue weighted by Crippen LogP contribution is 2.32. The molecule has 28 heavy (non-hydrogen) atoms. The highest BCUT2D eigenvalue weighted by molar-refractivity contribution is 5.91. The van der Waals surface area contributed by atoms with Crippen LogP contribution < -0.4 is 11.0 Å². The Bertz CT molecular complexity index is 1310. The highest BCUT2D eigenvalue weighted by Gasteiger charge is 2.25. The third-order valence-electron chi connectivity index (χ3n) is 5.87. The van der Waals surface area contributed by atoms with Gasteiger partial charge < -0.3 is 4.57 Å². The summed E-state index contributed by atoms with van der Waals surface area (Å²) >= 11 is 0. The summed E-state index contributed by atoms with van der Waals surface area (Å²) in [7, 11) is 1.87. The van der Waals surface area contributed by atoms with Gasteiger partial charge in [-0.05, 0) is 25.0 Å². The summed E-state index contributed by atoms with van der Waals surface area (Å²) in [5.41, 5.74) is 1.68. The van der Waals surface area contributed by atoms with E-state index in [1.165, 1.54) is 0 Å². The van der Waals surface area contributed by atoms with Crippen LogP contribution in [-0.2, 0) is 7.05 Å². The fourth-order valence-electron chi connectivity index (χ4n) is 4.46. The molecule has 1 saturated carbocycles. The largest absolute Gasteiger partial charge is 0.328 e. The molecular weight excluding hydrogens is 350 g/mol. The van der Waals surface area contributed by atoms with Crippen LogP contribution in [0.1, 0.15) is 31.7 Å². The summed E-state index contributed by atoms with van der Waals surface area (Å²) in [5, 5.41) is 0.745. The second-order valence-corrected chi connectivity index (χ2v) is 7.52. The topological polar surface area (TPSA) is 56.9 Å². The Kier molecular flexibility index (Phi) is 3.90. The average molecular weight is 371 g/mol. The standard InChI is InChI=1S/C23H21N3O2/c1-25-18-14-8-7-13-17(18)20(27)19-22(25)24-21(15-9-3-2-4-10-15)26(23(19)28)16-11-5-6-12-16/h2-4,7-10,13-14,16H,5-6,11-12H2,1H3. The van der Waals surface area contributed by atoms with Gasteiger partial charge >= 0.3 is 0 Å². The first-order chi connectivity index (χ1) is 13.7. The number of pyridine rings is 1. The molecule has 0 atom stereocenters. The van der Waals surface area contributed by atoms with Gasteiger partial charge in [0.05, 0.1) is 5.52 Å². The smallest absolute Gasteiger partial charge is 0.267 e. The quantitative estimate of drug-likeness (QED) is 0.500. The molecule has 2 aromatic heterocycles. The number of para-hydroxylation sites is 1. The van der Waals surface area contributed by atoms with Gasteiger partial charge in [-0.3, -0.25) is 14.2 Å². The molecule has 0 radical (unpaired) electrons. The minimum atomic E-state index is -0.229. The second-order valence-electron chi connectivity index (χ2n) is 7.52. The first kappa shape index (κ1) is 16.9. The van der Waals surface area contributed by atoms with Crippen LogP contribution in [0.15, 0.2) is 64.2 Å². The lowest BCUT2D eigenvalue weighted by atomic mass is 10.1. The molecule has 2 heterocycles. The molecule has 0 spiro atoms. The molecular formula is C23H21N3O2. The molecule has 1 aliphatic rings. The summed E-state index contributed by atoms with van der Waals surface area (Å²) in [5.74, 6) is 0.648. The van der Waals surface area contributed by atoms with Crippen LogP contribution in [0.5, 0.6) is 0 Å². The van der Waals surface area contributed by atoms with Crippen LogP contribution in [0.4, 0.5) is 0 Å². The molecule has 4 aromatic rings. The highest BCUT2D eigenvalue weighted by atomic mass is 16.1. The molecule has 2 aromatic carbocycles. The summed E-state index contributed by atoms with van der Waals surface area (Å²) < 4.78 is 3.64. The van der Waals surface area contributed by atoms with Crippen molar-refractivity contribution in [1.29, 1.82) is 0 Å². The lowest BCUT2D eigenvalue weighted by Crippen LogP contribution is -2.31. The molecule has 0 amide bonds. The Labute approximate surface area is 161 Å². The monoisotopic (exact) mass is 371 g/mol. The van der Waals surface area contributed by atoms with Gasteiger partial charge in [0.15, 0.2) is 5.65 Å². The average Bonchev–Trinajstić information content (AvgIpc) is 3.26. The number of fused-ring (bicyclic) bond motifs is 2. The molecule has 5 rings (SSSR count). The van der Waals surface area contributed by atoms with E-state index >= 15 is 0 Å². The number of hydrogen-bond donors (Lipinski definition) is 0. The van der Waals surface area contributed by atoms with Crippen LogP contribution in [0, 0.1) is 0 Å². The lowest BCUT2D eigenvalue weighted by Gasteiger charge is -2.20. The molecule has 1 aliphatic carbocycles. The first-order valence-corrected chi connectivity index (χ1v) is 9.76. The maximum atomic E-state index is 13.6. The maximum Gasteiger partial charge on any atom is 0.267 e. The molecule has 0 unspecified atom stereocenters. The lowest BCUT2D eigenvalue weighted by molar-refractivity contribution is 0.504. The van der Waals surface area contributed by atoms with Crippen LogP contribution in [0.2, 0.25) is 0 Å². The van der Waals surface area contributed by atoms with Gasteiger partial charge in [0, 0.05) is 24.0 Å². The van der Waals surface area contributed by atoms with Crippen molar-refractivity contribution in [2.75, 3.05) is 0 Å². The number of rotatable bonds is 2. The van der Waals surface area contributed by atoms with Crippen molar-refractivity contribution in [2.24, 2.45) is 7.05 Å². The minimum Gasteiger partial charge on any atom is -0.328 e. The van der Waals surface area contributed by atoms with E-state index in [1.54, 1.807) is 10.6 Å². The second kappa shape index (κ2) is 6.44. The minimum absolute atomic E-state index is 0.0933. The number of benzene rings is 2. The molecule has 0 aliphatic heterocycles. The summed E-state index contributed by atoms with van der Waals surface area (Å²) in [6.45, 7) is 0. The van der Waals surface area contributed by atoms with Crippen molar-refractivity contribution >= 4 is 21.9 Å². The van der Waals surface area contributed by atoms with Crippen LogP contribution in [0.25, 0.3) is 33.3 Å². The van der Waals surface area contributed by atoms with Gasteiger partial charge in [0.1, 0.15) is 11.2 Å². The maximum absolute atomic E-state index is 13.6.